The Morgan fingerprint density at radius 3 is 2.34 bits per heavy atom. The van der Waals surface area contributed by atoms with E-state index in [0.29, 0.717) is 5.75 Å². The first-order valence-electron chi connectivity index (χ1n) is 9.22. The summed E-state index contributed by atoms with van der Waals surface area (Å²) in [5.41, 5.74) is -0.166. The van der Waals surface area contributed by atoms with E-state index < -0.39 is 28.0 Å². The number of amides is 1. The molecule has 0 spiro atoms. The van der Waals surface area contributed by atoms with Crippen LogP contribution in [0.3, 0.4) is 0 Å². The Bertz CT molecular complexity index is 1180. The van der Waals surface area contributed by atoms with Gasteiger partial charge in [0.2, 0.25) is 5.75 Å². The van der Waals surface area contributed by atoms with E-state index in [1.54, 1.807) is 6.92 Å². The van der Waals surface area contributed by atoms with E-state index in [9.17, 15) is 18.0 Å². The number of rotatable bonds is 7. The number of nitrogens with one attached hydrogen (secondary N) is 2. The fourth-order valence-electron chi connectivity index (χ4n) is 3.08. The van der Waals surface area contributed by atoms with E-state index >= 15 is 0 Å². The first-order chi connectivity index (χ1) is 15.2. The van der Waals surface area contributed by atoms with Gasteiger partial charge in [0.15, 0.2) is 17.6 Å². The largest absolute Gasteiger partial charge is 0.493 e. The topological polar surface area (TPSA) is 138 Å². The van der Waals surface area contributed by atoms with Crippen molar-refractivity contribution in [2.75, 3.05) is 38.5 Å². The van der Waals surface area contributed by atoms with E-state index in [2.05, 4.69) is 10.0 Å². The summed E-state index contributed by atoms with van der Waals surface area (Å²) in [5, 5.41) is 2.59. The molecular formula is C20H22N2O9S. The summed E-state index contributed by atoms with van der Waals surface area (Å²) in [6.07, 6.45) is -0.707. The Morgan fingerprint density at radius 1 is 1.06 bits per heavy atom. The van der Waals surface area contributed by atoms with Crippen molar-refractivity contribution in [3.63, 3.8) is 0 Å². The van der Waals surface area contributed by atoms with E-state index in [0.717, 1.165) is 7.11 Å². The van der Waals surface area contributed by atoms with Crippen LogP contribution < -0.4 is 29.0 Å². The molecule has 11 nitrogen and oxygen atoms in total. The zero-order valence-electron chi connectivity index (χ0n) is 18.0. The maximum absolute atomic E-state index is 13.2. The molecule has 3 rings (SSSR count). The minimum atomic E-state index is -4.26. The van der Waals surface area contributed by atoms with Crippen LogP contribution in [0.2, 0.25) is 0 Å². The highest BCUT2D eigenvalue weighted by Gasteiger charge is 2.30. The number of hydrogen-bond acceptors (Lipinski definition) is 9. The van der Waals surface area contributed by atoms with Gasteiger partial charge in [-0.1, -0.05) is 0 Å². The zero-order chi connectivity index (χ0) is 23.6. The maximum atomic E-state index is 13.2. The van der Waals surface area contributed by atoms with Gasteiger partial charge in [0.1, 0.15) is 11.4 Å². The second-order valence-electron chi connectivity index (χ2n) is 6.57. The predicted molar refractivity (Wildman–Crippen MR) is 113 cm³/mol. The van der Waals surface area contributed by atoms with E-state index in [1.165, 1.54) is 45.6 Å². The Balaban J connectivity index is 2.12. The summed E-state index contributed by atoms with van der Waals surface area (Å²) >= 11 is 0. The number of carbonyl (C=O) groups is 2. The lowest BCUT2D eigenvalue weighted by molar-refractivity contribution is -0.122. The molecule has 2 aromatic rings. The molecule has 1 aliphatic heterocycles. The molecule has 2 N–H and O–H groups in total. The van der Waals surface area contributed by atoms with Crippen LogP contribution in [0.5, 0.6) is 23.0 Å². The highest BCUT2D eigenvalue weighted by molar-refractivity contribution is 7.92. The summed E-state index contributed by atoms with van der Waals surface area (Å²) in [5.74, 6) is -0.790. The summed E-state index contributed by atoms with van der Waals surface area (Å²) in [6, 6.07) is 5.24. The van der Waals surface area contributed by atoms with Crippen molar-refractivity contribution < 1.29 is 41.7 Å². The highest BCUT2D eigenvalue weighted by atomic mass is 32.2. The molecule has 0 radical (unpaired) electrons. The lowest BCUT2D eigenvalue weighted by Crippen LogP contribution is -2.34. The van der Waals surface area contributed by atoms with Gasteiger partial charge >= 0.3 is 5.97 Å². The van der Waals surface area contributed by atoms with Crippen LogP contribution in [0, 0.1) is 0 Å². The van der Waals surface area contributed by atoms with Crippen molar-refractivity contribution in [1.29, 1.82) is 0 Å². The van der Waals surface area contributed by atoms with Gasteiger partial charge in [-0.15, -0.1) is 0 Å². The number of esters is 1. The molecule has 1 unspecified atom stereocenters. The molecule has 1 heterocycles. The first kappa shape index (κ1) is 23.0. The van der Waals surface area contributed by atoms with E-state index in [1.807, 2.05) is 0 Å². The van der Waals surface area contributed by atoms with Crippen LogP contribution in [-0.2, 0) is 19.6 Å². The van der Waals surface area contributed by atoms with Gasteiger partial charge in [-0.2, -0.15) is 0 Å². The molecule has 2 aromatic carbocycles. The fraction of sp³-hybridized carbons (Fsp3) is 0.300. The van der Waals surface area contributed by atoms with E-state index in [4.69, 9.17) is 23.7 Å². The number of fused-ring (bicyclic) bond motifs is 1. The average Bonchev–Trinajstić information content (AvgIpc) is 2.78. The second kappa shape index (κ2) is 8.83. The van der Waals surface area contributed by atoms with Crippen LogP contribution in [-0.4, -0.2) is 54.8 Å². The Labute approximate surface area is 184 Å². The van der Waals surface area contributed by atoms with Gasteiger partial charge in [0.25, 0.3) is 15.9 Å². The van der Waals surface area contributed by atoms with Gasteiger partial charge < -0.3 is 29.0 Å². The van der Waals surface area contributed by atoms with Crippen LogP contribution in [0.4, 0.5) is 11.4 Å². The number of methoxy groups -OCH3 is 4. The van der Waals surface area contributed by atoms with Crippen molar-refractivity contribution in [3.8, 4) is 23.0 Å². The van der Waals surface area contributed by atoms with Gasteiger partial charge in [-0.25, -0.2) is 13.2 Å². The number of benzene rings is 2. The summed E-state index contributed by atoms with van der Waals surface area (Å²) in [7, 11) is 0.861. The molecule has 1 atom stereocenters. The fourth-order valence-corrected chi connectivity index (χ4v) is 4.19. The van der Waals surface area contributed by atoms with Crippen molar-refractivity contribution in [2.24, 2.45) is 0 Å². The van der Waals surface area contributed by atoms with Crippen LogP contribution >= 0.6 is 0 Å². The minimum Gasteiger partial charge on any atom is -0.493 e. The third kappa shape index (κ3) is 4.08. The standard InChI is InChI=1S/C20H22N2O9S/c1-10-19(23)21-13-8-11(6-7-14(13)31-10)32(25,26)22-16-12(20(24)30-5)9-15(27-2)17(28-3)18(16)29-4/h6-10,22H,1-5H3,(H,21,23). The lowest BCUT2D eigenvalue weighted by Gasteiger charge is -2.24. The quantitative estimate of drug-likeness (QED) is 0.587. The lowest BCUT2D eigenvalue weighted by atomic mass is 10.1. The summed E-state index contributed by atoms with van der Waals surface area (Å²) in [6.45, 7) is 1.57. The molecule has 1 aliphatic rings. The van der Waals surface area contributed by atoms with E-state index in [-0.39, 0.29) is 39.1 Å². The number of sulfonamides is 1. The number of anilines is 2. The Hall–Kier alpha value is -3.67. The van der Waals surface area contributed by atoms with Crippen molar-refractivity contribution in [2.45, 2.75) is 17.9 Å². The van der Waals surface area contributed by atoms with Gasteiger partial charge in [0, 0.05) is 6.07 Å². The SMILES string of the molecule is COC(=O)c1cc(OC)c(OC)c(OC)c1NS(=O)(=O)c1ccc2c(c1)NC(=O)C(C)O2. The monoisotopic (exact) mass is 466 g/mol. The Morgan fingerprint density at radius 2 is 1.75 bits per heavy atom. The number of hydrogen-bond donors (Lipinski definition) is 2. The molecule has 32 heavy (non-hydrogen) atoms. The molecule has 0 saturated carbocycles. The zero-order valence-corrected chi connectivity index (χ0v) is 18.8. The van der Waals surface area contributed by atoms with Gasteiger partial charge in [0.05, 0.1) is 44.6 Å². The molecule has 0 aliphatic carbocycles. The van der Waals surface area contributed by atoms with Crippen molar-refractivity contribution >= 4 is 33.3 Å². The molecule has 0 saturated heterocycles. The molecule has 1 amide bonds. The molecule has 172 valence electrons. The predicted octanol–water partition coefficient (Wildman–Crippen LogP) is 2.02. The first-order valence-corrected chi connectivity index (χ1v) is 10.7. The average molecular weight is 466 g/mol. The van der Waals surface area contributed by atoms with Gasteiger partial charge in [-0.05, 0) is 25.1 Å². The second-order valence-corrected chi connectivity index (χ2v) is 8.25. The number of ether oxygens (including phenoxy) is 5. The highest BCUT2D eigenvalue weighted by Crippen LogP contribution is 2.46. The summed E-state index contributed by atoms with van der Waals surface area (Å²) in [4.78, 5) is 24.1. The normalized spacial score (nSPS) is 15.0. The molecular weight excluding hydrogens is 444 g/mol. The van der Waals surface area contributed by atoms with Crippen molar-refractivity contribution in [3.05, 3.63) is 29.8 Å². The maximum Gasteiger partial charge on any atom is 0.340 e. The molecule has 0 aromatic heterocycles. The minimum absolute atomic E-state index is 0.0699. The summed E-state index contributed by atoms with van der Waals surface area (Å²) < 4.78 is 54.8. The van der Waals surface area contributed by atoms with Crippen molar-refractivity contribution in [1.82, 2.24) is 0 Å². The van der Waals surface area contributed by atoms with Crippen LogP contribution in [0.1, 0.15) is 17.3 Å². The Kier molecular flexibility index (Phi) is 6.35. The molecule has 12 heteroatoms. The number of carbonyl (C=O) groups excluding carboxylic acids is 2. The third-order valence-corrected chi connectivity index (χ3v) is 6.01. The smallest absolute Gasteiger partial charge is 0.340 e. The third-order valence-electron chi connectivity index (χ3n) is 4.66. The van der Waals surface area contributed by atoms with Crippen LogP contribution in [0.25, 0.3) is 0 Å². The molecule has 0 fully saturated rings. The molecule has 0 bridgehead atoms. The van der Waals surface area contributed by atoms with Crippen LogP contribution in [0.15, 0.2) is 29.2 Å². The van der Waals surface area contributed by atoms with Gasteiger partial charge in [-0.3, -0.25) is 9.52 Å².